The number of fused-ring (bicyclic) bond motifs is 10. The Hall–Kier alpha value is -4.84. The van der Waals surface area contributed by atoms with Crippen molar-refractivity contribution in [2.24, 2.45) is 0 Å². The summed E-state index contributed by atoms with van der Waals surface area (Å²) in [4.78, 5) is 12.2. The van der Waals surface area contributed by atoms with E-state index in [1.165, 1.54) is 57.7 Å². The van der Waals surface area contributed by atoms with Gasteiger partial charge in [0.05, 0.1) is 21.3 Å². The van der Waals surface area contributed by atoms with Crippen LogP contribution in [0.15, 0.2) is 109 Å². The fraction of sp³-hybridized carbons (Fsp3) is 0.0769. The summed E-state index contributed by atoms with van der Waals surface area (Å²) in [7, 11) is 0. The molecule has 0 N–H and O–H groups in total. The first-order chi connectivity index (χ1) is 21.7. The normalized spacial score (nSPS) is 15.0. The molecule has 5 heteroatoms. The van der Waals surface area contributed by atoms with E-state index < -0.39 is 0 Å². The van der Waals surface area contributed by atoms with Gasteiger partial charge < -0.3 is 0 Å². The second kappa shape index (κ2) is 9.08. The van der Waals surface area contributed by atoms with Crippen molar-refractivity contribution in [2.45, 2.75) is 19.3 Å². The molecule has 1 unspecified atom stereocenters. The van der Waals surface area contributed by atoms with Crippen molar-refractivity contribution in [3.05, 3.63) is 120 Å². The molecule has 4 aromatic heterocycles. The van der Waals surface area contributed by atoms with Gasteiger partial charge in [-0.25, -0.2) is 9.97 Å². The van der Waals surface area contributed by atoms with E-state index >= 15 is 0 Å². The highest BCUT2D eigenvalue weighted by molar-refractivity contribution is 7.25. The molecule has 1 aliphatic rings. The summed E-state index contributed by atoms with van der Waals surface area (Å²) in [6, 6.07) is 37.4. The number of para-hydroxylation sites is 1. The molecule has 0 spiro atoms. The number of thiophene rings is 2. The van der Waals surface area contributed by atoms with Crippen LogP contribution in [0.3, 0.4) is 0 Å². The Bertz CT molecular complexity index is 2670. The minimum atomic E-state index is 0.459. The largest absolute Gasteiger partial charge is 0.292 e. The standard InChI is InChI=1S/C39H25N3S2/c1-22-9-8-14-28-35-37(44-36(22)28)39(41-38(40-35)25-17-18-34-30(20-25)27-13-5-7-16-33(27)43-34)42-31-15-6-4-12-26(31)29-19-23-10-2-3-11-24(23)21-32(29)42/h2-8,10-22H,9H2,1H3. The van der Waals surface area contributed by atoms with Gasteiger partial charge in [-0.05, 0) is 65.6 Å². The van der Waals surface area contributed by atoms with Gasteiger partial charge in [0.2, 0.25) is 0 Å². The number of allylic oxidation sites excluding steroid dienone is 1. The van der Waals surface area contributed by atoms with Crippen molar-refractivity contribution in [3.63, 3.8) is 0 Å². The SMILES string of the molecule is CC1CC=Cc2c1sc1c(-n3c4ccccc4c4cc5ccccc5cc43)nc(-c3ccc4sc5ccccc5c4c3)nc21. The maximum absolute atomic E-state index is 5.48. The molecule has 44 heavy (non-hydrogen) atoms. The van der Waals surface area contributed by atoms with Crippen LogP contribution < -0.4 is 0 Å². The van der Waals surface area contributed by atoms with Crippen LogP contribution in [0.2, 0.25) is 0 Å². The number of hydrogen-bond donors (Lipinski definition) is 0. The van der Waals surface area contributed by atoms with E-state index in [0.29, 0.717) is 5.92 Å². The topological polar surface area (TPSA) is 30.7 Å². The molecule has 4 heterocycles. The predicted molar refractivity (Wildman–Crippen MR) is 190 cm³/mol. The summed E-state index contributed by atoms with van der Waals surface area (Å²) < 4.78 is 6.13. The van der Waals surface area contributed by atoms with Crippen molar-refractivity contribution in [2.75, 3.05) is 0 Å². The van der Waals surface area contributed by atoms with E-state index in [-0.39, 0.29) is 0 Å². The Morgan fingerprint density at radius 1 is 0.682 bits per heavy atom. The zero-order chi connectivity index (χ0) is 28.9. The number of nitrogens with zero attached hydrogens (tertiary/aromatic N) is 3. The monoisotopic (exact) mass is 599 g/mol. The minimum Gasteiger partial charge on any atom is -0.292 e. The first-order valence-corrected chi connectivity index (χ1v) is 16.7. The average Bonchev–Trinajstić information content (AvgIpc) is 3.73. The lowest BCUT2D eigenvalue weighted by Gasteiger charge is -2.12. The van der Waals surface area contributed by atoms with Gasteiger partial charge in [0.15, 0.2) is 11.6 Å². The van der Waals surface area contributed by atoms with Crippen molar-refractivity contribution >= 4 is 91.7 Å². The van der Waals surface area contributed by atoms with Gasteiger partial charge in [0.1, 0.15) is 0 Å². The third-order valence-electron chi connectivity index (χ3n) is 9.19. The zero-order valence-electron chi connectivity index (χ0n) is 23.9. The Labute approximate surface area is 261 Å². The molecule has 9 aromatic rings. The molecule has 0 fully saturated rings. The molecule has 1 aliphatic carbocycles. The first-order valence-electron chi connectivity index (χ1n) is 15.1. The van der Waals surface area contributed by atoms with Gasteiger partial charge in [0.25, 0.3) is 0 Å². The number of aromatic nitrogens is 3. The lowest BCUT2D eigenvalue weighted by molar-refractivity contribution is 0.790. The number of rotatable bonds is 2. The summed E-state index contributed by atoms with van der Waals surface area (Å²) in [5.41, 5.74) is 5.68. The van der Waals surface area contributed by atoms with Crippen molar-refractivity contribution in [3.8, 4) is 17.2 Å². The second-order valence-electron chi connectivity index (χ2n) is 11.8. The number of benzene rings is 5. The minimum absolute atomic E-state index is 0.459. The summed E-state index contributed by atoms with van der Waals surface area (Å²) in [6.45, 7) is 2.33. The van der Waals surface area contributed by atoms with Crippen LogP contribution in [-0.2, 0) is 0 Å². The lowest BCUT2D eigenvalue weighted by atomic mass is 9.96. The van der Waals surface area contributed by atoms with Crippen LogP contribution in [0, 0.1) is 0 Å². The van der Waals surface area contributed by atoms with Crippen LogP contribution in [0.1, 0.15) is 29.7 Å². The third kappa shape index (κ3) is 3.42. The highest BCUT2D eigenvalue weighted by Gasteiger charge is 2.25. The van der Waals surface area contributed by atoms with Gasteiger partial charge in [-0.3, -0.25) is 4.57 Å². The fourth-order valence-electron chi connectivity index (χ4n) is 7.05. The molecule has 0 amide bonds. The van der Waals surface area contributed by atoms with Crippen LogP contribution in [0.4, 0.5) is 0 Å². The van der Waals surface area contributed by atoms with Gasteiger partial charge in [-0.2, -0.15) is 0 Å². The molecule has 208 valence electrons. The molecule has 0 saturated carbocycles. The number of hydrogen-bond acceptors (Lipinski definition) is 4. The van der Waals surface area contributed by atoms with E-state index in [1.54, 1.807) is 0 Å². The fourth-order valence-corrected chi connectivity index (χ4v) is 9.41. The van der Waals surface area contributed by atoms with Crippen molar-refractivity contribution in [1.29, 1.82) is 0 Å². The smallest absolute Gasteiger partial charge is 0.162 e. The van der Waals surface area contributed by atoms with Crippen molar-refractivity contribution in [1.82, 2.24) is 14.5 Å². The lowest BCUT2D eigenvalue weighted by Crippen LogP contribution is -2.02. The maximum Gasteiger partial charge on any atom is 0.162 e. The van der Waals surface area contributed by atoms with Crippen LogP contribution in [0.25, 0.3) is 86.2 Å². The molecule has 3 nitrogen and oxygen atoms in total. The zero-order valence-corrected chi connectivity index (χ0v) is 25.5. The summed E-state index contributed by atoms with van der Waals surface area (Å²) in [5, 5.41) is 7.51. The van der Waals surface area contributed by atoms with Crippen LogP contribution >= 0.6 is 22.7 Å². The Morgan fingerprint density at radius 3 is 2.36 bits per heavy atom. The van der Waals surface area contributed by atoms with Gasteiger partial charge in [0, 0.05) is 46.9 Å². The molecule has 0 saturated heterocycles. The van der Waals surface area contributed by atoms with Gasteiger partial charge in [-0.1, -0.05) is 79.7 Å². The van der Waals surface area contributed by atoms with E-state index in [1.807, 2.05) is 22.7 Å². The Kier molecular flexibility index (Phi) is 5.08. The van der Waals surface area contributed by atoms with E-state index in [4.69, 9.17) is 9.97 Å². The van der Waals surface area contributed by atoms with Crippen LogP contribution in [0.5, 0.6) is 0 Å². The van der Waals surface area contributed by atoms with E-state index in [0.717, 1.165) is 39.4 Å². The summed E-state index contributed by atoms with van der Waals surface area (Å²) >= 11 is 3.71. The third-order valence-corrected chi connectivity index (χ3v) is 11.8. The predicted octanol–water partition coefficient (Wildman–Crippen LogP) is 11.5. The molecule has 1 atom stereocenters. The Balaban J connectivity index is 1.34. The molecule has 5 aromatic carbocycles. The van der Waals surface area contributed by atoms with Crippen LogP contribution in [-0.4, -0.2) is 14.5 Å². The summed E-state index contributed by atoms with van der Waals surface area (Å²) in [6.07, 6.45) is 5.64. The van der Waals surface area contributed by atoms with E-state index in [9.17, 15) is 0 Å². The average molecular weight is 600 g/mol. The van der Waals surface area contributed by atoms with Crippen molar-refractivity contribution < 1.29 is 0 Å². The Morgan fingerprint density at radius 2 is 1.45 bits per heavy atom. The summed E-state index contributed by atoms with van der Waals surface area (Å²) in [5.74, 6) is 2.19. The molecule has 10 rings (SSSR count). The van der Waals surface area contributed by atoms with E-state index in [2.05, 4.69) is 127 Å². The molecular weight excluding hydrogens is 575 g/mol. The molecular formula is C39H25N3S2. The maximum atomic E-state index is 5.48. The quantitative estimate of drug-likeness (QED) is 0.198. The highest BCUT2D eigenvalue weighted by Crippen LogP contribution is 2.45. The highest BCUT2D eigenvalue weighted by atomic mass is 32.1. The van der Waals surface area contributed by atoms with Gasteiger partial charge >= 0.3 is 0 Å². The molecule has 0 bridgehead atoms. The second-order valence-corrected chi connectivity index (χ2v) is 14.0. The van der Waals surface area contributed by atoms with Gasteiger partial charge in [-0.15, -0.1) is 22.7 Å². The molecule has 0 radical (unpaired) electrons. The first kappa shape index (κ1) is 24.6. The molecule has 0 aliphatic heterocycles.